The largest absolute Gasteiger partial charge is 0.419 e. The third-order valence-corrected chi connectivity index (χ3v) is 7.34. The first kappa shape index (κ1) is 26.4. The van der Waals surface area contributed by atoms with E-state index in [1.54, 1.807) is 11.0 Å². The third-order valence-electron chi connectivity index (χ3n) is 7.03. The molecule has 5 rings (SSSR count). The van der Waals surface area contributed by atoms with Crippen LogP contribution in [0.2, 0.25) is 5.02 Å². The van der Waals surface area contributed by atoms with E-state index >= 15 is 0 Å². The van der Waals surface area contributed by atoms with Crippen LogP contribution in [0.1, 0.15) is 37.7 Å². The van der Waals surface area contributed by atoms with Gasteiger partial charge in [0.1, 0.15) is 11.6 Å². The number of rotatable bonds is 6. The van der Waals surface area contributed by atoms with E-state index in [9.17, 15) is 17.6 Å². The van der Waals surface area contributed by atoms with E-state index in [0.717, 1.165) is 25.5 Å². The highest BCUT2D eigenvalue weighted by Gasteiger charge is 2.36. The van der Waals surface area contributed by atoms with Gasteiger partial charge >= 0.3 is 6.18 Å². The molecular formula is C26H28ClF4N7. The lowest BCUT2D eigenvalue weighted by Gasteiger charge is -2.36. The summed E-state index contributed by atoms with van der Waals surface area (Å²) in [5.74, 6) is 0.939. The standard InChI is InChI=1S/C26H28ClF4N7/c27-20-9-8-18(15-21(20)28)22-34-24(33-16-17-5-2-1-3-6-17)36-25(35-22)38-13-11-37(12-14-38)23-19(26(29,30)31)7-4-10-32-23/h4,7-10,15,17H,1-3,5-6,11-14,16H2,(H,33,34,35,36). The quantitative estimate of drug-likeness (QED) is 0.375. The van der Waals surface area contributed by atoms with Crippen molar-refractivity contribution in [2.24, 2.45) is 5.92 Å². The van der Waals surface area contributed by atoms with E-state index in [1.807, 2.05) is 4.90 Å². The zero-order chi connectivity index (χ0) is 26.7. The first-order chi connectivity index (χ1) is 18.3. The fraction of sp³-hybridized carbons (Fsp3) is 0.462. The maximum Gasteiger partial charge on any atom is 0.419 e. The number of piperazine rings is 1. The molecule has 0 bridgehead atoms. The molecular weight excluding hydrogens is 522 g/mol. The smallest absolute Gasteiger partial charge is 0.354 e. The highest BCUT2D eigenvalue weighted by Crippen LogP contribution is 2.35. The summed E-state index contributed by atoms with van der Waals surface area (Å²) < 4.78 is 54.7. The Morgan fingerprint density at radius 2 is 1.68 bits per heavy atom. The number of hydrogen-bond acceptors (Lipinski definition) is 7. The molecule has 1 N–H and O–H groups in total. The van der Waals surface area contributed by atoms with E-state index in [0.29, 0.717) is 55.4 Å². The summed E-state index contributed by atoms with van der Waals surface area (Å²) in [7, 11) is 0. The fourth-order valence-electron chi connectivity index (χ4n) is 4.96. The Morgan fingerprint density at radius 3 is 2.39 bits per heavy atom. The van der Waals surface area contributed by atoms with E-state index < -0.39 is 17.6 Å². The molecule has 1 aliphatic heterocycles. The van der Waals surface area contributed by atoms with E-state index in [-0.39, 0.29) is 10.8 Å². The van der Waals surface area contributed by atoms with Gasteiger partial charge in [0.2, 0.25) is 11.9 Å². The van der Waals surface area contributed by atoms with Gasteiger partial charge in [-0.3, -0.25) is 0 Å². The summed E-state index contributed by atoms with van der Waals surface area (Å²) in [6, 6.07) is 6.71. The molecule has 12 heteroatoms. The van der Waals surface area contributed by atoms with Gasteiger partial charge in [0.05, 0.1) is 10.6 Å². The van der Waals surface area contributed by atoms with Gasteiger partial charge in [-0.05, 0) is 49.1 Å². The molecule has 0 spiro atoms. The zero-order valence-electron chi connectivity index (χ0n) is 20.7. The van der Waals surface area contributed by atoms with Crippen LogP contribution < -0.4 is 15.1 Å². The topological polar surface area (TPSA) is 70.1 Å². The van der Waals surface area contributed by atoms with Crippen LogP contribution in [0.15, 0.2) is 36.5 Å². The van der Waals surface area contributed by atoms with Crippen LogP contribution in [-0.4, -0.2) is 52.7 Å². The van der Waals surface area contributed by atoms with Crippen LogP contribution in [0.4, 0.5) is 35.3 Å². The predicted octanol–water partition coefficient (Wildman–Crippen LogP) is 6.06. The minimum Gasteiger partial charge on any atom is -0.354 e. The van der Waals surface area contributed by atoms with Crippen molar-refractivity contribution in [2.45, 2.75) is 38.3 Å². The summed E-state index contributed by atoms with van der Waals surface area (Å²) in [5.41, 5.74) is -0.298. The molecule has 1 aliphatic carbocycles. The van der Waals surface area contributed by atoms with Gasteiger partial charge in [0.25, 0.3) is 0 Å². The number of nitrogens with one attached hydrogen (secondary N) is 1. The molecule has 2 fully saturated rings. The number of benzene rings is 1. The second kappa shape index (κ2) is 11.3. The molecule has 0 unspecified atom stereocenters. The lowest BCUT2D eigenvalue weighted by Crippen LogP contribution is -2.48. The summed E-state index contributed by atoms with van der Waals surface area (Å²) in [6.07, 6.45) is 2.85. The van der Waals surface area contributed by atoms with E-state index in [4.69, 9.17) is 11.6 Å². The summed E-state index contributed by atoms with van der Waals surface area (Å²) >= 11 is 5.86. The average Bonchev–Trinajstić information content (AvgIpc) is 2.93. The molecule has 1 aromatic carbocycles. The molecule has 0 radical (unpaired) electrons. The van der Waals surface area contributed by atoms with Crippen molar-refractivity contribution in [1.29, 1.82) is 0 Å². The van der Waals surface area contributed by atoms with E-state index in [1.165, 1.54) is 43.7 Å². The molecule has 3 heterocycles. The van der Waals surface area contributed by atoms with Crippen molar-refractivity contribution >= 4 is 29.3 Å². The number of halogens is 5. The van der Waals surface area contributed by atoms with Crippen LogP contribution in [0.5, 0.6) is 0 Å². The summed E-state index contributed by atoms with van der Waals surface area (Å²) in [6.45, 7) is 2.11. The molecule has 1 saturated heterocycles. The van der Waals surface area contributed by atoms with Crippen LogP contribution in [0.25, 0.3) is 11.4 Å². The maximum atomic E-state index is 14.2. The molecule has 202 valence electrons. The van der Waals surface area contributed by atoms with Crippen molar-refractivity contribution in [2.75, 3.05) is 47.8 Å². The Hall–Kier alpha value is -3.21. The monoisotopic (exact) mass is 549 g/mol. The van der Waals surface area contributed by atoms with Crippen LogP contribution in [-0.2, 0) is 6.18 Å². The fourth-order valence-corrected chi connectivity index (χ4v) is 5.08. The Kier molecular flexibility index (Phi) is 7.83. The van der Waals surface area contributed by atoms with E-state index in [2.05, 4.69) is 25.3 Å². The number of alkyl halides is 3. The Bertz CT molecular complexity index is 1260. The Morgan fingerprint density at radius 1 is 0.947 bits per heavy atom. The molecule has 0 amide bonds. The number of anilines is 3. The highest BCUT2D eigenvalue weighted by atomic mass is 35.5. The third kappa shape index (κ3) is 6.09. The molecule has 1 saturated carbocycles. The van der Waals surface area contributed by atoms with Crippen molar-refractivity contribution in [3.8, 4) is 11.4 Å². The van der Waals surface area contributed by atoms with Crippen molar-refractivity contribution in [3.63, 3.8) is 0 Å². The van der Waals surface area contributed by atoms with Gasteiger partial charge in [-0.1, -0.05) is 30.9 Å². The maximum absolute atomic E-state index is 14.2. The number of pyridine rings is 1. The van der Waals surface area contributed by atoms with Gasteiger partial charge in [0.15, 0.2) is 5.82 Å². The molecule has 2 aliphatic rings. The second-order valence-electron chi connectivity index (χ2n) is 9.64. The van der Waals surface area contributed by atoms with Gasteiger partial charge in [0, 0.05) is 44.5 Å². The SMILES string of the molecule is Fc1cc(-c2nc(NCC3CCCCC3)nc(N3CCN(c4ncccc4C(F)(F)F)CC3)n2)ccc1Cl. The van der Waals surface area contributed by atoms with Crippen LogP contribution in [0, 0.1) is 11.7 Å². The average molecular weight is 550 g/mol. The van der Waals surface area contributed by atoms with Crippen LogP contribution in [0.3, 0.4) is 0 Å². The lowest BCUT2D eigenvalue weighted by atomic mass is 9.89. The van der Waals surface area contributed by atoms with Gasteiger partial charge < -0.3 is 15.1 Å². The molecule has 3 aromatic rings. The van der Waals surface area contributed by atoms with Crippen molar-refractivity contribution in [3.05, 3.63) is 52.9 Å². The Labute approximate surface area is 223 Å². The summed E-state index contributed by atoms with van der Waals surface area (Å²) in [5, 5.41) is 3.34. The summed E-state index contributed by atoms with van der Waals surface area (Å²) in [4.78, 5) is 21.3. The van der Waals surface area contributed by atoms with Crippen molar-refractivity contribution < 1.29 is 17.6 Å². The first-order valence-corrected chi connectivity index (χ1v) is 13.1. The van der Waals surface area contributed by atoms with Gasteiger partial charge in [-0.25, -0.2) is 9.37 Å². The number of hydrogen-bond donors (Lipinski definition) is 1. The molecule has 38 heavy (non-hydrogen) atoms. The van der Waals surface area contributed by atoms with Crippen molar-refractivity contribution in [1.82, 2.24) is 19.9 Å². The zero-order valence-corrected chi connectivity index (χ0v) is 21.4. The van der Waals surface area contributed by atoms with Crippen LogP contribution >= 0.6 is 11.6 Å². The Balaban J connectivity index is 1.37. The normalized spacial score (nSPS) is 17.1. The predicted molar refractivity (Wildman–Crippen MR) is 139 cm³/mol. The number of nitrogens with zero attached hydrogens (tertiary/aromatic N) is 6. The minimum atomic E-state index is -4.49. The lowest BCUT2D eigenvalue weighted by molar-refractivity contribution is -0.137. The minimum absolute atomic E-state index is 0.00236. The van der Waals surface area contributed by atoms with Gasteiger partial charge in [-0.2, -0.15) is 28.1 Å². The highest BCUT2D eigenvalue weighted by molar-refractivity contribution is 6.30. The molecule has 0 atom stereocenters. The van der Waals surface area contributed by atoms with Gasteiger partial charge in [-0.15, -0.1) is 0 Å². The molecule has 2 aromatic heterocycles. The molecule has 7 nitrogen and oxygen atoms in total. The first-order valence-electron chi connectivity index (χ1n) is 12.8. The second-order valence-corrected chi connectivity index (χ2v) is 10.1. The number of aromatic nitrogens is 4.